The van der Waals surface area contributed by atoms with Gasteiger partial charge in [-0.25, -0.2) is 9.59 Å². The molecule has 4 rings (SSSR count). The molecule has 38 heavy (non-hydrogen) atoms. The lowest BCUT2D eigenvalue weighted by atomic mass is 9.98. The summed E-state index contributed by atoms with van der Waals surface area (Å²) in [4.78, 5) is 39.9. The molecule has 2 aromatic rings. The van der Waals surface area contributed by atoms with Crippen LogP contribution in [0.15, 0.2) is 48.5 Å². The summed E-state index contributed by atoms with van der Waals surface area (Å²) in [6, 6.07) is 13.6. The first-order valence-electron chi connectivity index (χ1n) is 12.8. The highest BCUT2D eigenvalue weighted by molar-refractivity contribution is 5.91. The lowest BCUT2D eigenvalue weighted by Crippen LogP contribution is -2.61. The molecule has 0 spiro atoms. The molecule has 9 nitrogen and oxygen atoms in total. The van der Waals surface area contributed by atoms with E-state index in [4.69, 9.17) is 14.2 Å². The summed E-state index contributed by atoms with van der Waals surface area (Å²) in [6.07, 6.45) is -1.58. The average molecular weight is 525 g/mol. The number of carboxylic acid groups (broad SMARTS) is 1. The van der Waals surface area contributed by atoms with Gasteiger partial charge >= 0.3 is 12.1 Å². The van der Waals surface area contributed by atoms with Crippen LogP contribution in [0.1, 0.15) is 58.6 Å². The standard InChI is InChI=1S/C29H36N2O7/c1-17(38-28(2,3)4)24(25(32)31-23(26(33)34)16-37-29(31,5)6)30-27(35)36-15-22-20-13-9-7-11-18(20)19-12-8-10-14-21(19)22/h7-14,17,22-24H,15-16H2,1-6H3,(H,30,35)(H,33,34)/t17-,23+,24+/m1/s1. The van der Waals surface area contributed by atoms with Crippen molar-refractivity contribution in [3.05, 3.63) is 59.7 Å². The van der Waals surface area contributed by atoms with Crippen LogP contribution in [0.4, 0.5) is 4.79 Å². The molecule has 9 heteroatoms. The lowest BCUT2D eigenvalue weighted by molar-refractivity contribution is -0.161. The zero-order valence-electron chi connectivity index (χ0n) is 22.7. The van der Waals surface area contributed by atoms with Gasteiger partial charge in [-0.1, -0.05) is 48.5 Å². The summed E-state index contributed by atoms with van der Waals surface area (Å²) in [6.45, 7) is 10.3. The smallest absolute Gasteiger partial charge is 0.407 e. The highest BCUT2D eigenvalue weighted by Crippen LogP contribution is 2.44. The molecule has 1 saturated heterocycles. The van der Waals surface area contributed by atoms with Crippen LogP contribution in [-0.4, -0.2) is 70.7 Å². The van der Waals surface area contributed by atoms with Crippen LogP contribution in [0.3, 0.4) is 0 Å². The van der Waals surface area contributed by atoms with Gasteiger partial charge < -0.3 is 24.6 Å². The van der Waals surface area contributed by atoms with E-state index in [-0.39, 0.29) is 19.1 Å². The number of carboxylic acids is 1. The van der Waals surface area contributed by atoms with Crippen LogP contribution in [-0.2, 0) is 23.8 Å². The number of nitrogens with one attached hydrogen (secondary N) is 1. The van der Waals surface area contributed by atoms with Gasteiger partial charge in [0.15, 0.2) is 6.04 Å². The third kappa shape index (κ3) is 5.54. The first kappa shape index (κ1) is 27.6. The van der Waals surface area contributed by atoms with E-state index < -0.39 is 47.5 Å². The molecular weight excluding hydrogens is 488 g/mol. The van der Waals surface area contributed by atoms with E-state index in [0.29, 0.717) is 0 Å². The maximum atomic E-state index is 13.8. The molecule has 3 atom stereocenters. The zero-order chi connectivity index (χ0) is 27.8. The Kier molecular flexibility index (Phi) is 7.54. The molecule has 2 N–H and O–H groups in total. The molecule has 0 radical (unpaired) electrons. The van der Waals surface area contributed by atoms with Crippen LogP contribution in [0.2, 0.25) is 0 Å². The number of carbonyl (C=O) groups excluding carboxylic acids is 2. The molecule has 1 aliphatic carbocycles. The third-order valence-corrected chi connectivity index (χ3v) is 6.90. The summed E-state index contributed by atoms with van der Waals surface area (Å²) in [5, 5.41) is 12.4. The summed E-state index contributed by atoms with van der Waals surface area (Å²) in [5.41, 5.74) is 2.55. The van der Waals surface area contributed by atoms with Gasteiger partial charge in [0, 0.05) is 5.92 Å². The van der Waals surface area contributed by atoms with E-state index in [1.54, 1.807) is 20.8 Å². The molecule has 2 aromatic carbocycles. The number of hydrogen-bond acceptors (Lipinski definition) is 6. The monoisotopic (exact) mass is 524 g/mol. The minimum Gasteiger partial charge on any atom is -0.480 e. The fourth-order valence-electron chi connectivity index (χ4n) is 5.33. The maximum absolute atomic E-state index is 13.8. The van der Waals surface area contributed by atoms with Gasteiger partial charge in [0.05, 0.1) is 18.3 Å². The zero-order valence-corrected chi connectivity index (χ0v) is 22.7. The van der Waals surface area contributed by atoms with Crippen molar-refractivity contribution in [1.29, 1.82) is 0 Å². The number of amides is 2. The number of alkyl carbamates (subject to hydrolysis) is 1. The average Bonchev–Trinajstić information content (AvgIpc) is 3.33. The third-order valence-electron chi connectivity index (χ3n) is 6.90. The Labute approximate surface area is 223 Å². The van der Waals surface area contributed by atoms with E-state index in [1.165, 1.54) is 0 Å². The summed E-state index contributed by atoms with van der Waals surface area (Å²) >= 11 is 0. The molecule has 0 bridgehead atoms. The summed E-state index contributed by atoms with van der Waals surface area (Å²) < 4.78 is 17.3. The number of ether oxygens (including phenoxy) is 3. The maximum Gasteiger partial charge on any atom is 0.407 e. The number of aliphatic carboxylic acids is 1. The van der Waals surface area contributed by atoms with Crippen molar-refractivity contribution in [3.8, 4) is 11.1 Å². The van der Waals surface area contributed by atoms with E-state index in [9.17, 15) is 19.5 Å². The lowest BCUT2D eigenvalue weighted by Gasteiger charge is -2.37. The van der Waals surface area contributed by atoms with Crippen LogP contribution >= 0.6 is 0 Å². The van der Waals surface area contributed by atoms with Crippen molar-refractivity contribution in [2.24, 2.45) is 0 Å². The fourth-order valence-corrected chi connectivity index (χ4v) is 5.33. The normalized spacial score (nSPS) is 19.8. The molecule has 0 unspecified atom stereocenters. The molecule has 1 aliphatic heterocycles. The number of carbonyl (C=O) groups is 3. The fraction of sp³-hybridized carbons (Fsp3) is 0.483. The van der Waals surface area contributed by atoms with Gasteiger partial charge in [0.25, 0.3) is 5.91 Å². The number of benzene rings is 2. The van der Waals surface area contributed by atoms with Gasteiger partial charge in [0.2, 0.25) is 0 Å². The molecule has 0 aromatic heterocycles. The minimum atomic E-state index is -1.20. The van der Waals surface area contributed by atoms with Gasteiger partial charge in [0.1, 0.15) is 18.4 Å². The van der Waals surface area contributed by atoms with Gasteiger partial charge in [-0.05, 0) is 63.8 Å². The highest BCUT2D eigenvalue weighted by Gasteiger charge is 2.50. The van der Waals surface area contributed by atoms with E-state index in [0.717, 1.165) is 27.2 Å². The number of nitrogens with zero attached hydrogens (tertiary/aromatic N) is 1. The first-order valence-corrected chi connectivity index (χ1v) is 12.8. The molecule has 2 amide bonds. The first-order chi connectivity index (χ1) is 17.8. The highest BCUT2D eigenvalue weighted by atomic mass is 16.6. The Bertz CT molecular complexity index is 1170. The largest absolute Gasteiger partial charge is 0.480 e. The van der Waals surface area contributed by atoms with Gasteiger partial charge in [-0.3, -0.25) is 9.69 Å². The molecule has 1 fully saturated rings. The topological polar surface area (TPSA) is 114 Å². The predicted octanol–water partition coefficient (Wildman–Crippen LogP) is 4.15. The number of hydrogen-bond donors (Lipinski definition) is 2. The number of fused-ring (bicyclic) bond motifs is 3. The molecule has 1 heterocycles. The summed E-state index contributed by atoms with van der Waals surface area (Å²) in [5.74, 6) is -1.95. The molecule has 0 saturated carbocycles. The minimum absolute atomic E-state index is 0.0748. The van der Waals surface area contributed by atoms with Crippen LogP contribution in [0.25, 0.3) is 11.1 Å². The van der Waals surface area contributed by atoms with Crippen molar-refractivity contribution in [3.63, 3.8) is 0 Å². The van der Waals surface area contributed by atoms with Crippen LogP contribution in [0, 0.1) is 0 Å². The Morgan fingerprint density at radius 2 is 1.63 bits per heavy atom. The Hall–Kier alpha value is -3.43. The van der Waals surface area contributed by atoms with Crippen LogP contribution in [0.5, 0.6) is 0 Å². The van der Waals surface area contributed by atoms with Crippen molar-refractivity contribution in [2.75, 3.05) is 13.2 Å². The molecule has 204 valence electrons. The van der Waals surface area contributed by atoms with Crippen molar-refractivity contribution in [2.45, 2.75) is 77.0 Å². The second-order valence-electron chi connectivity index (χ2n) is 11.2. The quantitative estimate of drug-likeness (QED) is 0.559. The van der Waals surface area contributed by atoms with Gasteiger partial charge in [-0.15, -0.1) is 0 Å². The Morgan fingerprint density at radius 1 is 1.08 bits per heavy atom. The Balaban J connectivity index is 1.54. The van der Waals surface area contributed by atoms with Gasteiger partial charge in [-0.2, -0.15) is 0 Å². The van der Waals surface area contributed by atoms with E-state index >= 15 is 0 Å². The van der Waals surface area contributed by atoms with E-state index in [2.05, 4.69) is 5.32 Å². The van der Waals surface area contributed by atoms with Crippen molar-refractivity contribution < 1.29 is 33.7 Å². The van der Waals surface area contributed by atoms with Crippen molar-refractivity contribution in [1.82, 2.24) is 10.2 Å². The second kappa shape index (κ2) is 10.4. The SMILES string of the molecule is C[C@@H](OC(C)(C)C)[C@H](NC(=O)OCC1c2ccccc2-c2ccccc21)C(=O)N1[C@H](C(=O)O)COC1(C)C. The molecular formula is C29H36N2O7. The van der Waals surface area contributed by atoms with Crippen LogP contribution < -0.4 is 5.32 Å². The second-order valence-corrected chi connectivity index (χ2v) is 11.2. The van der Waals surface area contributed by atoms with Crippen molar-refractivity contribution >= 4 is 18.0 Å². The Morgan fingerprint density at radius 3 is 2.16 bits per heavy atom. The summed E-state index contributed by atoms with van der Waals surface area (Å²) in [7, 11) is 0. The molecule has 2 aliphatic rings. The van der Waals surface area contributed by atoms with E-state index in [1.807, 2.05) is 69.3 Å². The number of rotatable bonds is 7. The predicted molar refractivity (Wildman–Crippen MR) is 141 cm³/mol.